The van der Waals surface area contributed by atoms with Crippen LogP contribution in [-0.4, -0.2) is 62.2 Å². The van der Waals surface area contributed by atoms with Crippen molar-refractivity contribution in [2.75, 3.05) is 32.7 Å². The molecule has 3 rings (SSSR count). The Labute approximate surface area is 179 Å². The zero-order chi connectivity index (χ0) is 22.4. The van der Waals surface area contributed by atoms with Crippen LogP contribution >= 0.6 is 0 Å². The molecule has 2 fully saturated rings. The van der Waals surface area contributed by atoms with Gasteiger partial charge in [-0.3, -0.25) is 9.59 Å². The Balaban J connectivity index is 1.66. The Morgan fingerprint density at radius 3 is 1.83 bits per heavy atom. The summed E-state index contributed by atoms with van der Waals surface area (Å²) in [5, 5.41) is 2.71. The second-order valence-electron chi connectivity index (χ2n) is 8.78. The molecule has 1 N–H and O–H groups in total. The summed E-state index contributed by atoms with van der Waals surface area (Å²) in [4.78, 5) is 26.4. The molecule has 1 aliphatic carbocycles. The summed E-state index contributed by atoms with van der Waals surface area (Å²) in [6.45, 7) is 12.8. The predicted molar refractivity (Wildman–Crippen MR) is 116 cm³/mol. The van der Waals surface area contributed by atoms with Gasteiger partial charge in [-0.05, 0) is 74.8 Å². The Morgan fingerprint density at radius 2 is 1.37 bits per heavy atom. The Hall–Kier alpha value is -1.93. The molecule has 166 valence electrons. The van der Waals surface area contributed by atoms with Crippen molar-refractivity contribution in [2.45, 2.75) is 52.9 Å². The van der Waals surface area contributed by atoms with E-state index in [-0.39, 0.29) is 37.4 Å². The van der Waals surface area contributed by atoms with Crippen LogP contribution in [0.15, 0.2) is 4.90 Å². The summed E-state index contributed by atoms with van der Waals surface area (Å²) in [6.07, 6.45) is 0.882. The van der Waals surface area contributed by atoms with Gasteiger partial charge in [-0.25, -0.2) is 8.42 Å². The van der Waals surface area contributed by atoms with Crippen LogP contribution in [0.4, 0.5) is 0 Å². The van der Waals surface area contributed by atoms with Crippen molar-refractivity contribution >= 4 is 21.8 Å². The minimum absolute atomic E-state index is 0.0244. The lowest BCUT2D eigenvalue weighted by molar-refractivity contribution is -0.134. The van der Waals surface area contributed by atoms with Crippen LogP contribution in [0.5, 0.6) is 0 Å². The first-order chi connectivity index (χ1) is 14.0. The van der Waals surface area contributed by atoms with Crippen LogP contribution in [0.25, 0.3) is 0 Å². The average molecular weight is 436 g/mol. The number of rotatable bonds is 5. The second kappa shape index (κ2) is 8.30. The molecule has 2 unspecified atom stereocenters. The fraction of sp³-hybridized carbons (Fsp3) is 0.636. The highest BCUT2D eigenvalue weighted by atomic mass is 32.2. The number of carbonyl (C=O) groups excluding carboxylic acids is 2. The number of hydrogen-bond donors (Lipinski definition) is 1. The standard InChI is InChI=1S/C22H33N3O4S/c1-13-11-19(13)22(27)23-12-20(26)24-7-9-25(10-8-24)30(28,29)21-17(5)15(3)14(2)16(4)18(21)6/h13,19H,7-12H2,1-6H3,(H,23,27). The lowest BCUT2D eigenvalue weighted by atomic mass is 9.95. The minimum atomic E-state index is -3.64. The number of benzene rings is 1. The molecule has 2 aliphatic rings. The quantitative estimate of drug-likeness (QED) is 0.765. The van der Waals surface area contributed by atoms with Crippen LogP contribution in [0.2, 0.25) is 0 Å². The lowest BCUT2D eigenvalue weighted by Gasteiger charge is -2.35. The Kier molecular flexibility index (Phi) is 6.30. The van der Waals surface area contributed by atoms with Crippen LogP contribution in [0.3, 0.4) is 0 Å². The normalized spacial score (nSPS) is 22.1. The molecule has 1 aromatic rings. The molecule has 2 amide bonds. The largest absolute Gasteiger partial charge is 0.347 e. The van der Waals surface area contributed by atoms with Gasteiger partial charge in [-0.2, -0.15) is 4.31 Å². The van der Waals surface area contributed by atoms with Gasteiger partial charge in [0.1, 0.15) is 0 Å². The van der Waals surface area contributed by atoms with Crippen LogP contribution in [0.1, 0.15) is 41.2 Å². The van der Waals surface area contributed by atoms with Gasteiger partial charge in [0.2, 0.25) is 21.8 Å². The number of carbonyl (C=O) groups is 2. The highest BCUT2D eigenvalue weighted by Crippen LogP contribution is 2.37. The third-order valence-corrected chi connectivity index (χ3v) is 9.15. The maximum absolute atomic E-state index is 13.4. The van der Waals surface area contributed by atoms with E-state index < -0.39 is 10.0 Å². The molecule has 1 heterocycles. The highest BCUT2D eigenvalue weighted by Gasteiger charge is 2.39. The van der Waals surface area contributed by atoms with E-state index in [1.54, 1.807) is 4.90 Å². The molecule has 1 saturated heterocycles. The Morgan fingerprint density at radius 1 is 0.900 bits per heavy atom. The molecule has 1 aliphatic heterocycles. The number of amides is 2. The third-order valence-electron chi connectivity index (χ3n) is 6.98. The van der Waals surface area contributed by atoms with Crippen molar-refractivity contribution in [2.24, 2.45) is 11.8 Å². The zero-order valence-corrected chi connectivity index (χ0v) is 19.6. The SMILES string of the molecule is Cc1c(C)c(C)c(S(=O)(=O)N2CCN(C(=O)CNC(=O)C3CC3C)CC2)c(C)c1C. The predicted octanol–water partition coefficient (Wildman–Crippen LogP) is 1.83. The van der Waals surface area contributed by atoms with Crippen LogP contribution in [0, 0.1) is 46.5 Å². The summed E-state index contributed by atoms with van der Waals surface area (Å²) in [5.74, 6) is 0.207. The molecule has 0 aromatic heterocycles. The van der Waals surface area contributed by atoms with E-state index in [1.165, 1.54) is 4.31 Å². The molecule has 30 heavy (non-hydrogen) atoms. The van der Waals surface area contributed by atoms with Gasteiger partial charge >= 0.3 is 0 Å². The lowest BCUT2D eigenvalue weighted by Crippen LogP contribution is -2.52. The number of piperazine rings is 1. The topological polar surface area (TPSA) is 86.8 Å². The number of nitrogens with zero attached hydrogens (tertiary/aromatic N) is 2. The first-order valence-electron chi connectivity index (χ1n) is 10.6. The van der Waals surface area contributed by atoms with Crippen molar-refractivity contribution in [1.82, 2.24) is 14.5 Å². The molecule has 1 aromatic carbocycles. The molecule has 0 radical (unpaired) electrons. The van der Waals surface area contributed by atoms with Crippen molar-refractivity contribution in [1.29, 1.82) is 0 Å². The molecule has 2 atom stereocenters. The van der Waals surface area contributed by atoms with Gasteiger partial charge in [0, 0.05) is 32.1 Å². The first-order valence-corrected chi connectivity index (χ1v) is 12.0. The van der Waals surface area contributed by atoms with Crippen molar-refractivity contribution in [3.05, 3.63) is 27.8 Å². The Bertz CT molecular complexity index is 950. The smallest absolute Gasteiger partial charge is 0.243 e. The van der Waals surface area contributed by atoms with E-state index in [1.807, 2.05) is 41.5 Å². The first kappa shape index (κ1) is 22.7. The summed E-state index contributed by atoms with van der Waals surface area (Å²) in [6, 6.07) is 0. The molecule has 7 nitrogen and oxygen atoms in total. The summed E-state index contributed by atoms with van der Waals surface area (Å²) in [5.41, 5.74) is 4.73. The summed E-state index contributed by atoms with van der Waals surface area (Å²) >= 11 is 0. The molecule has 0 spiro atoms. The third kappa shape index (κ3) is 4.12. The van der Waals surface area contributed by atoms with Crippen LogP contribution in [-0.2, 0) is 19.6 Å². The fourth-order valence-corrected chi connectivity index (χ4v) is 6.23. The van der Waals surface area contributed by atoms with Crippen LogP contribution < -0.4 is 5.32 Å². The van der Waals surface area contributed by atoms with Gasteiger partial charge in [0.25, 0.3) is 0 Å². The monoisotopic (exact) mass is 435 g/mol. The number of sulfonamides is 1. The van der Waals surface area contributed by atoms with E-state index >= 15 is 0 Å². The van der Waals surface area contributed by atoms with E-state index in [2.05, 4.69) is 5.32 Å². The van der Waals surface area contributed by atoms with Gasteiger partial charge in [-0.1, -0.05) is 6.92 Å². The van der Waals surface area contributed by atoms with E-state index in [0.29, 0.717) is 23.9 Å². The molecular weight excluding hydrogens is 402 g/mol. The van der Waals surface area contributed by atoms with Crippen molar-refractivity contribution < 1.29 is 18.0 Å². The minimum Gasteiger partial charge on any atom is -0.347 e. The maximum Gasteiger partial charge on any atom is 0.243 e. The van der Waals surface area contributed by atoms with Crippen molar-refractivity contribution in [3.63, 3.8) is 0 Å². The summed E-state index contributed by atoms with van der Waals surface area (Å²) < 4.78 is 28.3. The van der Waals surface area contributed by atoms with Gasteiger partial charge in [0.15, 0.2) is 0 Å². The highest BCUT2D eigenvalue weighted by molar-refractivity contribution is 7.89. The van der Waals surface area contributed by atoms with E-state index in [4.69, 9.17) is 0 Å². The van der Waals surface area contributed by atoms with E-state index in [0.717, 1.165) is 34.2 Å². The van der Waals surface area contributed by atoms with Gasteiger partial charge in [0.05, 0.1) is 11.4 Å². The summed E-state index contributed by atoms with van der Waals surface area (Å²) in [7, 11) is -3.64. The number of hydrogen-bond acceptors (Lipinski definition) is 4. The molecular formula is C22H33N3O4S. The van der Waals surface area contributed by atoms with E-state index in [9.17, 15) is 18.0 Å². The van der Waals surface area contributed by atoms with Gasteiger partial charge in [-0.15, -0.1) is 0 Å². The molecule has 1 saturated carbocycles. The van der Waals surface area contributed by atoms with Gasteiger partial charge < -0.3 is 10.2 Å². The number of nitrogens with one attached hydrogen (secondary N) is 1. The fourth-order valence-electron chi connectivity index (χ4n) is 4.25. The van der Waals surface area contributed by atoms with Crippen molar-refractivity contribution in [3.8, 4) is 0 Å². The maximum atomic E-state index is 13.4. The molecule has 0 bridgehead atoms. The molecule has 8 heteroatoms. The second-order valence-corrected chi connectivity index (χ2v) is 10.7. The zero-order valence-electron chi connectivity index (χ0n) is 18.8. The average Bonchev–Trinajstić information content (AvgIpc) is 3.45.